The minimum atomic E-state index is 0.531. The van der Waals surface area contributed by atoms with Gasteiger partial charge in [0.25, 0.3) is 0 Å². The van der Waals surface area contributed by atoms with Gasteiger partial charge in [0.05, 0.1) is 6.54 Å². The van der Waals surface area contributed by atoms with Gasteiger partial charge in [-0.1, -0.05) is 12.1 Å². The molecule has 0 bridgehead atoms. The van der Waals surface area contributed by atoms with Crippen LogP contribution in [-0.2, 0) is 13.1 Å². The van der Waals surface area contributed by atoms with Gasteiger partial charge in [0.1, 0.15) is 5.82 Å². The van der Waals surface area contributed by atoms with Gasteiger partial charge in [-0.25, -0.2) is 4.98 Å². The van der Waals surface area contributed by atoms with Crippen LogP contribution in [0.25, 0.3) is 0 Å². The number of hydrogen-bond acceptors (Lipinski definition) is 4. The molecule has 0 aliphatic rings. The number of thiophene rings is 1. The summed E-state index contributed by atoms with van der Waals surface area (Å²) in [6.45, 7) is 6.53. The SMILES string of the molecule is CCN(Cc1cccs1)c1nc(C)ccc1CN. The molecular formula is C14H19N3S. The highest BCUT2D eigenvalue weighted by Crippen LogP contribution is 2.21. The van der Waals surface area contributed by atoms with Crippen LogP contribution in [0, 0.1) is 6.92 Å². The third-order valence-corrected chi connectivity index (χ3v) is 3.78. The van der Waals surface area contributed by atoms with Crippen molar-refractivity contribution in [1.29, 1.82) is 0 Å². The summed E-state index contributed by atoms with van der Waals surface area (Å²) >= 11 is 1.78. The Hall–Kier alpha value is -1.39. The van der Waals surface area contributed by atoms with Crippen LogP contribution in [0.1, 0.15) is 23.1 Å². The van der Waals surface area contributed by atoms with Crippen molar-refractivity contribution < 1.29 is 0 Å². The van der Waals surface area contributed by atoms with Crippen LogP contribution in [0.4, 0.5) is 5.82 Å². The highest BCUT2D eigenvalue weighted by molar-refractivity contribution is 7.09. The van der Waals surface area contributed by atoms with E-state index in [0.717, 1.165) is 30.2 Å². The van der Waals surface area contributed by atoms with Gasteiger partial charge in [0, 0.05) is 29.2 Å². The zero-order valence-electron chi connectivity index (χ0n) is 10.9. The van der Waals surface area contributed by atoms with Gasteiger partial charge in [0.2, 0.25) is 0 Å². The van der Waals surface area contributed by atoms with Crippen LogP contribution < -0.4 is 10.6 Å². The zero-order chi connectivity index (χ0) is 13.0. The van der Waals surface area contributed by atoms with Crippen LogP contribution in [0.3, 0.4) is 0 Å². The summed E-state index contributed by atoms with van der Waals surface area (Å²) in [7, 11) is 0. The van der Waals surface area contributed by atoms with E-state index in [-0.39, 0.29) is 0 Å². The normalized spacial score (nSPS) is 10.6. The molecule has 2 rings (SSSR count). The number of hydrogen-bond donors (Lipinski definition) is 1. The Morgan fingerprint density at radius 1 is 1.33 bits per heavy atom. The van der Waals surface area contributed by atoms with Crippen LogP contribution >= 0.6 is 11.3 Å². The lowest BCUT2D eigenvalue weighted by molar-refractivity contribution is 0.806. The number of rotatable bonds is 5. The largest absolute Gasteiger partial charge is 0.351 e. The van der Waals surface area contributed by atoms with Crippen molar-refractivity contribution in [2.75, 3.05) is 11.4 Å². The summed E-state index contributed by atoms with van der Waals surface area (Å²) in [5.41, 5.74) is 7.95. The molecule has 0 radical (unpaired) electrons. The molecule has 0 aromatic carbocycles. The van der Waals surface area contributed by atoms with E-state index in [9.17, 15) is 0 Å². The molecule has 18 heavy (non-hydrogen) atoms. The number of nitrogens with zero attached hydrogens (tertiary/aromatic N) is 2. The minimum Gasteiger partial charge on any atom is -0.351 e. The summed E-state index contributed by atoms with van der Waals surface area (Å²) in [6, 6.07) is 8.34. The van der Waals surface area contributed by atoms with Gasteiger partial charge in [-0.3, -0.25) is 0 Å². The Bertz CT molecular complexity index is 494. The molecule has 0 amide bonds. The molecule has 0 fully saturated rings. The summed E-state index contributed by atoms with van der Waals surface area (Å²) in [6.07, 6.45) is 0. The number of aromatic nitrogens is 1. The highest BCUT2D eigenvalue weighted by atomic mass is 32.1. The lowest BCUT2D eigenvalue weighted by Gasteiger charge is -2.24. The van der Waals surface area contributed by atoms with Crippen LogP contribution in [0.2, 0.25) is 0 Å². The van der Waals surface area contributed by atoms with Crippen molar-refractivity contribution in [1.82, 2.24) is 4.98 Å². The topological polar surface area (TPSA) is 42.2 Å². The quantitative estimate of drug-likeness (QED) is 0.900. The van der Waals surface area contributed by atoms with Gasteiger partial charge >= 0.3 is 0 Å². The maximum absolute atomic E-state index is 5.80. The van der Waals surface area contributed by atoms with E-state index in [4.69, 9.17) is 5.73 Å². The molecule has 0 aliphatic carbocycles. The second kappa shape index (κ2) is 5.98. The first-order valence-corrected chi connectivity index (χ1v) is 7.06. The van der Waals surface area contributed by atoms with Gasteiger partial charge in [-0.2, -0.15) is 0 Å². The smallest absolute Gasteiger partial charge is 0.133 e. The Kier molecular flexibility index (Phi) is 4.33. The fourth-order valence-electron chi connectivity index (χ4n) is 1.93. The lowest BCUT2D eigenvalue weighted by atomic mass is 10.2. The van der Waals surface area contributed by atoms with E-state index >= 15 is 0 Å². The first kappa shape index (κ1) is 13.1. The van der Waals surface area contributed by atoms with E-state index in [1.807, 2.05) is 13.0 Å². The number of anilines is 1. The monoisotopic (exact) mass is 261 g/mol. The predicted octanol–water partition coefficient (Wildman–Crippen LogP) is 2.94. The Labute approximate surface area is 112 Å². The average molecular weight is 261 g/mol. The number of nitrogens with two attached hydrogens (primary N) is 1. The predicted molar refractivity (Wildman–Crippen MR) is 77.9 cm³/mol. The molecule has 0 spiro atoms. The van der Waals surface area contributed by atoms with E-state index in [1.165, 1.54) is 4.88 Å². The molecule has 2 aromatic rings. The van der Waals surface area contributed by atoms with Gasteiger partial charge in [-0.05, 0) is 31.4 Å². The van der Waals surface area contributed by atoms with Crippen molar-refractivity contribution in [3.05, 3.63) is 45.8 Å². The van der Waals surface area contributed by atoms with E-state index in [1.54, 1.807) is 11.3 Å². The molecule has 96 valence electrons. The Morgan fingerprint density at radius 3 is 2.78 bits per heavy atom. The second-order valence-corrected chi connectivity index (χ2v) is 5.27. The zero-order valence-corrected chi connectivity index (χ0v) is 11.7. The maximum Gasteiger partial charge on any atom is 0.133 e. The summed E-state index contributed by atoms with van der Waals surface area (Å²) in [5, 5.41) is 2.11. The molecule has 3 nitrogen and oxygen atoms in total. The fourth-order valence-corrected chi connectivity index (χ4v) is 2.65. The molecule has 0 saturated carbocycles. The van der Waals surface area contributed by atoms with Crippen molar-refractivity contribution in [3.8, 4) is 0 Å². The molecule has 0 aliphatic heterocycles. The molecule has 2 N–H and O–H groups in total. The van der Waals surface area contributed by atoms with E-state index < -0.39 is 0 Å². The van der Waals surface area contributed by atoms with Crippen molar-refractivity contribution >= 4 is 17.2 Å². The fraction of sp³-hybridized carbons (Fsp3) is 0.357. The molecule has 4 heteroatoms. The van der Waals surface area contributed by atoms with Gasteiger partial charge in [0.15, 0.2) is 0 Å². The maximum atomic E-state index is 5.80. The summed E-state index contributed by atoms with van der Waals surface area (Å²) in [5.74, 6) is 1.02. The lowest BCUT2D eigenvalue weighted by Crippen LogP contribution is -2.24. The minimum absolute atomic E-state index is 0.531. The van der Waals surface area contributed by atoms with E-state index in [2.05, 4.69) is 40.4 Å². The number of pyridine rings is 1. The van der Waals surface area contributed by atoms with Crippen LogP contribution in [-0.4, -0.2) is 11.5 Å². The van der Waals surface area contributed by atoms with Crippen molar-refractivity contribution in [2.24, 2.45) is 5.73 Å². The second-order valence-electron chi connectivity index (χ2n) is 4.23. The van der Waals surface area contributed by atoms with E-state index in [0.29, 0.717) is 6.54 Å². The Balaban J connectivity index is 2.28. The summed E-state index contributed by atoms with van der Waals surface area (Å²) in [4.78, 5) is 8.28. The molecule has 0 unspecified atom stereocenters. The molecule has 0 atom stereocenters. The third kappa shape index (κ3) is 2.89. The van der Waals surface area contributed by atoms with Crippen molar-refractivity contribution in [3.63, 3.8) is 0 Å². The first-order valence-electron chi connectivity index (χ1n) is 6.18. The number of aryl methyl sites for hydroxylation is 1. The first-order chi connectivity index (χ1) is 8.74. The highest BCUT2D eigenvalue weighted by Gasteiger charge is 2.12. The van der Waals surface area contributed by atoms with Crippen LogP contribution in [0.15, 0.2) is 29.6 Å². The Morgan fingerprint density at radius 2 is 2.17 bits per heavy atom. The van der Waals surface area contributed by atoms with Crippen LogP contribution in [0.5, 0.6) is 0 Å². The standard InChI is InChI=1S/C14H19N3S/c1-3-17(10-13-5-4-8-18-13)14-12(9-15)7-6-11(2)16-14/h4-8H,3,9-10,15H2,1-2H3. The average Bonchev–Trinajstić information content (AvgIpc) is 2.88. The molecule has 2 heterocycles. The molecule has 2 aromatic heterocycles. The van der Waals surface area contributed by atoms with Crippen molar-refractivity contribution in [2.45, 2.75) is 26.9 Å². The summed E-state index contributed by atoms with van der Waals surface area (Å²) < 4.78 is 0. The van der Waals surface area contributed by atoms with Gasteiger partial charge in [-0.15, -0.1) is 11.3 Å². The molecule has 0 saturated heterocycles. The third-order valence-electron chi connectivity index (χ3n) is 2.92. The molecular weight excluding hydrogens is 242 g/mol. The van der Waals surface area contributed by atoms with Gasteiger partial charge < -0.3 is 10.6 Å².